The summed E-state index contributed by atoms with van der Waals surface area (Å²) >= 11 is 0. The average Bonchev–Trinajstić information content (AvgIpc) is 2.64. The first kappa shape index (κ1) is 11.3. The molecule has 0 aromatic carbocycles. The van der Waals surface area contributed by atoms with E-state index in [9.17, 15) is 0 Å². The Morgan fingerprint density at radius 3 is 2.38 bits per heavy atom. The molecule has 1 aliphatic heterocycles. The van der Waals surface area contributed by atoms with E-state index < -0.39 is 0 Å². The zero-order valence-corrected chi connectivity index (χ0v) is 10.7. The highest BCUT2D eigenvalue weighted by atomic mass is 28.3. The van der Waals surface area contributed by atoms with Crippen LogP contribution in [-0.4, -0.2) is 8.80 Å². The average molecular weight is 198 g/mol. The van der Waals surface area contributed by atoms with Crippen molar-refractivity contribution in [2.24, 2.45) is 5.92 Å². The van der Waals surface area contributed by atoms with E-state index in [1.807, 2.05) is 0 Å². The third-order valence-electron chi connectivity index (χ3n) is 3.68. The van der Waals surface area contributed by atoms with E-state index in [0.717, 1.165) is 5.92 Å². The Kier molecular flexibility index (Phi) is 5.77. The van der Waals surface area contributed by atoms with Crippen LogP contribution in [0.3, 0.4) is 0 Å². The van der Waals surface area contributed by atoms with Crippen molar-refractivity contribution in [1.29, 1.82) is 0 Å². The van der Waals surface area contributed by atoms with E-state index in [-0.39, 0.29) is 8.80 Å². The van der Waals surface area contributed by atoms with Crippen LogP contribution < -0.4 is 0 Å². The molecule has 0 bridgehead atoms. The van der Waals surface area contributed by atoms with Gasteiger partial charge in [0.25, 0.3) is 0 Å². The van der Waals surface area contributed by atoms with Crippen molar-refractivity contribution in [2.75, 3.05) is 0 Å². The molecule has 1 heterocycles. The molecule has 0 nitrogen and oxygen atoms in total. The first-order valence-electron chi connectivity index (χ1n) is 6.36. The van der Waals surface area contributed by atoms with Gasteiger partial charge < -0.3 is 0 Å². The molecule has 0 saturated carbocycles. The lowest BCUT2D eigenvalue weighted by Gasteiger charge is -2.17. The van der Waals surface area contributed by atoms with Crippen molar-refractivity contribution in [3.63, 3.8) is 0 Å². The molecule has 78 valence electrons. The van der Waals surface area contributed by atoms with Gasteiger partial charge in [-0.05, 0) is 5.92 Å². The maximum atomic E-state index is 2.39. The molecule has 1 fully saturated rings. The fourth-order valence-electron chi connectivity index (χ4n) is 2.70. The Morgan fingerprint density at radius 1 is 1.15 bits per heavy atom. The second-order valence-electron chi connectivity index (χ2n) is 4.80. The van der Waals surface area contributed by atoms with E-state index >= 15 is 0 Å². The van der Waals surface area contributed by atoms with Crippen molar-refractivity contribution in [1.82, 2.24) is 0 Å². The van der Waals surface area contributed by atoms with Crippen molar-refractivity contribution in [2.45, 2.75) is 70.5 Å². The minimum absolute atomic E-state index is 0.199. The lowest BCUT2D eigenvalue weighted by Crippen LogP contribution is -2.12. The minimum Gasteiger partial charge on any atom is -0.0654 e. The van der Waals surface area contributed by atoms with Crippen LogP contribution in [0.5, 0.6) is 0 Å². The highest BCUT2D eigenvalue weighted by Crippen LogP contribution is 2.28. The summed E-state index contributed by atoms with van der Waals surface area (Å²) in [4.78, 5) is 0. The smallest absolute Gasteiger partial charge is 0.0370 e. The van der Waals surface area contributed by atoms with Crippen LogP contribution in [0.2, 0.25) is 18.1 Å². The summed E-state index contributed by atoms with van der Waals surface area (Å²) in [5.74, 6) is 1.11. The van der Waals surface area contributed by atoms with E-state index in [1.165, 1.54) is 25.7 Å². The van der Waals surface area contributed by atoms with Crippen LogP contribution in [0.15, 0.2) is 0 Å². The molecule has 0 N–H and O–H groups in total. The van der Waals surface area contributed by atoms with Crippen molar-refractivity contribution in [3.8, 4) is 0 Å². The SMILES string of the molecule is CCCCC(CC)C[SiH]1CCCC1. The first-order valence-corrected chi connectivity index (χ1v) is 8.81. The lowest BCUT2D eigenvalue weighted by molar-refractivity contribution is 0.488. The lowest BCUT2D eigenvalue weighted by atomic mass is 10.0. The van der Waals surface area contributed by atoms with Crippen LogP contribution >= 0.6 is 0 Å². The highest BCUT2D eigenvalue weighted by Gasteiger charge is 2.19. The molecule has 1 rings (SSSR count). The summed E-state index contributed by atoms with van der Waals surface area (Å²) in [6.07, 6.45) is 8.98. The number of hydrogen-bond acceptors (Lipinski definition) is 0. The molecule has 1 heteroatoms. The van der Waals surface area contributed by atoms with E-state index in [1.54, 1.807) is 31.0 Å². The predicted octanol–water partition coefficient (Wildman–Crippen LogP) is 4.22. The van der Waals surface area contributed by atoms with Gasteiger partial charge in [0.1, 0.15) is 0 Å². The Labute approximate surface area is 85.7 Å². The van der Waals surface area contributed by atoms with Crippen LogP contribution in [0.4, 0.5) is 0 Å². The van der Waals surface area contributed by atoms with Gasteiger partial charge in [-0.1, -0.05) is 70.5 Å². The fraction of sp³-hybridized carbons (Fsp3) is 1.00. The van der Waals surface area contributed by atoms with Gasteiger partial charge in [-0.15, -0.1) is 0 Å². The Bertz CT molecular complexity index is 116. The van der Waals surface area contributed by atoms with Crippen molar-refractivity contribution in [3.05, 3.63) is 0 Å². The first-order chi connectivity index (χ1) is 6.36. The molecule has 0 radical (unpaired) electrons. The molecule has 0 aromatic heterocycles. The zero-order chi connectivity index (χ0) is 9.52. The third-order valence-corrected chi connectivity index (χ3v) is 7.47. The fourth-order valence-corrected chi connectivity index (χ4v) is 6.70. The van der Waals surface area contributed by atoms with Crippen LogP contribution in [0.25, 0.3) is 0 Å². The predicted molar refractivity (Wildman–Crippen MR) is 64.1 cm³/mol. The molecule has 1 saturated heterocycles. The van der Waals surface area contributed by atoms with Gasteiger partial charge in [-0.2, -0.15) is 0 Å². The van der Waals surface area contributed by atoms with Crippen LogP contribution in [0.1, 0.15) is 52.4 Å². The second-order valence-corrected chi connectivity index (χ2v) is 8.16. The molecule has 1 unspecified atom stereocenters. The third kappa shape index (κ3) is 4.30. The molecule has 0 aliphatic carbocycles. The molecule has 1 aliphatic rings. The molecule has 13 heavy (non-hydrogen) atoms. The largest absolute Gasteiger partial charge is 0.0654 e. The quantitative estimate of drug-likeness (QED) is 0.561. The summed E-state index contributed by atoms with van der Waals surface area (Å²) in [6.45, 7) is 4.71. The van der Waals surface area contributed by atoms with Gasteiger partial charge in [0.05, 0.1) is 0 Å². The second kappa shape index (κ2) is 6.64. The number of hydrogen-bond donors (Lipinski definition) is 0. The van der Waals surface area contributed by atoms with Crippen molar-refractivity contribution >= 4 is 8.80 Å². The van der Waals surface area contributed by atoms with Crippen LogP contribution in [0, 0.1) is 5.92 Å². The normalized spacial score (nSPS) is 20.8. The van der Waals surface area contributed by atoms with E-state index in [0.29, 0.717) is 0 Å². The van der Waals surface area contributed by atoms with E-state index in [4.69, 9.17) is 0 Å². The number of unbranched alkanes of at least 4 members (excludes halogenated alkanes) is 1. The summed E-state index contributed by atoms with van der Waals surface area (Å²) in [5.41, 5.74) is 0. The summed E-state index contributed by atoms with van der Waals surface area (Å²) in [5, 5.41) is 0. The maximum absolute atomic E-state index is 2.39. The summed E-state index contributed by atoms with van der Waals surface area (Å²) in [6, 6.07) is 5.02. The summed E-state index contributed by atoms with van der Waals surface area (Å²) in [7, 11) is -0.199. The molecule has 0 amide bonds. The molecule has 0 aromatic rings. The van der Waals surface area contributed by atoms with Gasteiger partial charge in [0, 0.05) is 8.80 Å². The van der Waals surface area contributed by atoms with Gasteiger partial charge in [-0.25, -0.2) is 0 Å². The monoisotopic (exact) mass is 198 g/mol. The van der Waals surface area contributed by atoms with E-state index in [2.05, 4.69) is 13.8 Å². The minimum atomic E-state index is -0.199. The zero-order valence-electron chi connectivity index (χ0n) is 9.52. The van der Waals surface area contributed by atoms with Gasteiger partial charge in [0.2, 0.25) is 0 Å². The Balaban J connectivity index is 2.13. The standard InChI is InChI=1S/C12H26Si/c1-3-5-8-12(4-2)11-13-9-6-7-10-13/h12-13H,3-11H2,1-2H3. The van der Waals surface area contributed by atoms with Gasteiger partial charge >= 0.3 is 0 Å². The molecule has 0 spiro atoms. The topological polar surface area (TPSA) is 0 Å². The molecular weight excluding hydrogens is 172 g/mol. The van der Waals surface area contributed by atoms with Gasteiger partial charge in [-0.3, -0.25) is 0 Å². The maximum Gasteiger partial charge on any atom is 0.0370 e. The highest BCUT2D eigenvalue weighted by molar-refractivity contribution is 6.59. The Morgan fingerprint density at radius 2 is 1.85 bits per heavy atom. The number of rotatable bonds is 6. The van der Waals surface area contributed by atoms with Crippen LogP contribution in [-0.2, 0) is 0 Å². The molecular formula is C12H26Si. The Hall–Kier alpha value is 0.217. The summed E-state index contributed by atoms with van der Waals surface area (Å²) < 4.78 is 0. The van der Waals surface area contributed by atoms with Crippen molar-refractivity contribution < 1.29 is 0 Å². The van der Waals surface area contributed by atoms with Gasteiger partial charge in [0.15, 0.2) is 0 Å². The molecule has 1 atom stereocenters.